The van der Waals surface area contributed by atoms with Gasteiger partial charge in [-0.2, -0.15) is 0 Å². The van der Waals surface area contributed by atoms with Gasteiger partial charge in [0, 0.05) is 24.3 Å². The number of nitrogens with two attached hydrogens (primary N) is 1. The van der Waals surface area contributed by atoms with Crippen LogP contribution in [0.3, 0.4) is 0 Å². The molecule has 0 radical (unpaired) electrons. The number of nitrogens with zero attached hydrogens (tertiary/aromatic N) is 1. The molecule has 0 saturated carbocycles. The molecule has 3 N–H and O–H groups in total. The Kier molecular flexibility index (Phi) is 4.53. The maximum Gasteiger partial charge on any atom is 0.251 e. The predicted molar refractivity (Wildman–Crippen MR) is 96.0 cm³/mol. The van der Waals surface area contributed by atoms with Gasteiger partial charge in [0.25, 0.3) is 5.56 Å². The van der Waals surface area contributed by atoms with E-state index in [-0.39, 0.29) is 5.56 Å². The monoisotopic (exact) mass is 311 g/mol. The fourth-order valence-electron chi connectivity index (χ4n) is 3.33. The van der Waals surface area contributed by atoms with Gasteiger partial charge in [-0.15, -0.1) is 0 Å². The fraction of sp³-hybridized carbons (Fsp3) is 0.421. The molecule has 0 amide bonds. The van der Waals surface area contributed by atoms with Crippen molar-refractivity contribution in [2.24, 2.45) is 11.7 Å². The van der Waals surface area contributed by atoms with Gasteiger partial charge in [-0.25, -0.2) is 0 Å². The minimum atomic E-state index is -0.00777. The predicted octanol–water partition coefficient (Wildman–Crippen LogP) is 2.70. The summed E-state index contributed by atoms with van der Waals surface area (Å²) in [7, 11) is 0. The van der Waals surface area contributed by atoms with Gasteiger partial charge in [0.15, 0.2) is 0 Å². The van der Waals surface area contributed by atoms with Crippen LogP contribution in [0.25, 0.3) is 11.3 Å². The molecule has 1 aliphatic rings. The summed E-state index contributed by atoms with van der Waals surface area (Å²) < 4.78 is 0. The number of hydrogen-bond donors (Lipinski definition) is 2. The first-order valence-corrected chi connectivity index (χ1v) is 8.40. The standard InChI is InChI=1S/C19H25N3O/c1-3-15-10-13(2)19(23)21-18(15)16-4-6-17(7-5-16)22-9-8-14(11-20)12-22/h4-7,10,14H,3,8-9,11-12,20H2,1-2H3,(H,21,23). The molecule has 23 heavy (non-hydrogen) atoms. The van der Waals surface area contributed by atoms with Crippen molar-refractivity contribution in [2.45, 2.75) is 26.7 Å². The maximum atomic E-state index is 12.0. The zero-order valence-electron chi connectivity index (χ0n) is 13.9. The second-order valence-corrected chi connectivity index (χ2v) is 6.42. The quantitative estimate of drug-likeness (QED) is 0.912. The molecule has 4 heteroatoms. The Morgan fingerprint density at radius 2 is 2.04 bits per heavy atom. The topological polar surface area (TPSA) is 62.1 Å². The van der Waals surface area contributed by atoms with Gasteiger partial charge in [0.05, 0.1) is 5.69 Å². The molecule has 1 aromatic heterocycles. The van der Waals surface area contributed by atoms with Crippen LogP contribution in [-0.2, 0) is 6.42 Å². The minimum Gasteiger partial charge on any atom is -0.371 e. The van der Waals surface area contributed by atoms with Crippen LogP contribution in [0.2, 0.25) is 0 Å². The summed E-state index contributed by atoms with van der Waals surface area (Å²) in [5.74, 6) is 0.606. The van der Waals surface area contributed by atoms with Crippen LogP contribution < -0.4 is 16.2 Å². The van der Waals surface area contributed by atoms with E-state index in [4.69, 9.17) is 5.73 Å². The molecular weight excluding hydrogens is 286 g/mol. The van der Waals surface area contributed by atoms with E-state index in [1.54, 1.807) is 0 Å². The third-order valence-corrected chi connectivity index (χ3v) is 4.83. The van der Waals surface area contributed by atoms with Crippen molar-refractivity contribution in [2.75, 3.05) is 24.5 Å². The van der Waals surface area contributed by atoms with Gasteiger partial charge in [-0.05, 0) is 61.6 Å². The van der Waals surface area contributed by atoms with Crippen molar-refractivity contribution in [1.82, 2.24) is 4.98 Å². The zero-order valence-corrected chi connectivity index (χ0v) is 13.9. The molecule has 122 valence electrons. The Morgan fingerprint density at radius 3 is 2.65 bits per heavy atom. The van der Waals surface area contributed by atoms with E-state index in [1.807, 2.05) is 13.0 Å². The maximum absolute atomic E-state index is 12.0. The molecule has 2 aromatic rings. The highest BCUT2D eigenvalue weighted by Crippen LogP contribution is 2.27. The lowest BCUT2D eigenvalue weighted by molar-refractivity contribution is 0.602. The summed E-state index contributed by atoms with van der Waals surface area (Å²) in [5.41, 5.74) is 11.0. The van der Waals surface area contributed by atoms with Gasteiger partial charge in [0.2, 0.25) is 0 Å². The number of anilines is 1. The number of aromatic nitrogens is 1. The average molecular weight is 311 g/mol. The van der Waals surface area contributed by atoms with Crippen molar-refractivity contribution >= 4 is 5.69 Å². The van der Waals surface area contributed by atoms with Crippen LogP contribution in [0, 0.1) is 12.8 Å². The number of aryl methyl sites for hydroxylation is 2. The first kappa shape index (κ1) is 15.8. The van der Waals surface area contributed by atoms with Crippen LogP contribution in [0.5, 0.6) is 0 Å². The Labute approximate surface area is 137 Å². The molecule has 0 spiro atoms. The van der Waals surface area contributed by atoms with E-state index in [9.17, 15) is 4.79 Å². The number of hydrogen-bond acceptors (Lipinski definition) is 3. The number of rotatable bonds is 4. The fourth-order valence-corrected chi connectivity index (χ4v) is 3.33. The Bertz CT molecular complexity index is 733. The van der Waals surface area contributed by atoms with E-state index in [0.29, 0.717) is 5.92 Å². The van der Waals surface area contributed by atoms with Crippen molar-refractivity contribution < 1.29 is 0 Å². The first-order chi connectivity index (χ1) is 11.1. The lowest BCUT2D eigenvalue weighted by atomic mass is 10.0. The molecule has 1 saturated heterocycles. The molecular formula is C19H25N3O. The van der Waals surface area contributed by atoms with Crippen molar-refractivity contribution in [3.8, 4) is 11.3 Å². The lowest BCUT2D eigenvalue weighted by Crippen LogP contribution is -2.22. The third kappa shape index (κ3) is 3.17. The van der Waals surface area contributed by atoms with E-state index in [0.717, 1.165) is 42.9 Å². The molecule has 1 fully saturated rings. The van der Waals surface area contributed by atoms with Crippen molar-refractivity contribution in [1.29, 1.82) is 0 Å². The highest BCUT2D eigenvalue weighted by Gasteiger charge is 2.21. The largest absolute Gasteiger partial charge is 0.371 e. The normalized spacial score (nSPS) is 17.7. The summed E-state index contributed by atoms with van der Waals surface area (Å²) in [6.07, 6.45) is 2.07. The molecule has 3 rings (SSSR count). The number of H-pyrrole nitrogens is 1. The lowest BCUT2D eigenvalue weighted by Gasteiger charge is -2.19. The van der Waals surface area contributed by atoms with Crippen molar-refractivity contribution in [3.63, 3.8) is 0 Å². The molecule has 1 atom stereocenters. The Hall–Kier alpha value is -2.07. The highest BCUT2D eigenvalue weighted by molar-refractivity contribution is 5.66. The van der Waals surface area contributed by atoms with Crippen LogP contribution >= 0.6 is 0 Å². The SMILES string of the molecule is CCc1cc(C)c(=O)[nH]c1-c1ccc(N2CCC(CN)C2)cc1. The minimum absolute atomic E-state index is 0.00777. The van der Waals surface area contributed by atoms with E-state index < -0.39 is 0 Å². The molecule has 4 nitrogen and oxygen atoms in total. The molecule has 0 bridgehead atoms. The summed E-state index contributed by atoms with van der Waals surface area (Å²) in [6, 6.07) is 10.5. The molecule has 1 aliphatic heterocycles. The van der Waals surface area contributed by atoms with E-state index in [1.165, 1.54) is 17.7 Å². The Morgan fingerprint density at radius 1 is 1.30 bits per heavy atom. The summed E-state index contributed by atoms with van der Waals surface area (Å²) in [6.45, 7) is 6.84. The summed E-state index contributed by atoms with van der Waals surface area (Å²) in [4.78, 5) is 17.4. The van der Waals surface area contributed by atoms with Crippen LogP contribution in [0.15, 0.2) is 35.1 Å². The van der Waals surface area contributed by atoms with Gasteiger partial charge >= 0.3 is 0 Å². The number of pyridine rings is 1. The van der Waals surface area contributed by atoms with Crippen LogP contribution in [-0.4, -0.2) is 24.6 Å². The molecule has 1 aromatic carbocycles. The van der Waals surface area contributed by atoms with Gasteiger partial charge in [0.1, 0.15) is 0 Å². The number of benzene rings is 1. The highest BCUT2D eigenvalue weighted by atomic mass is 16.1. The van der Waals surface area contributed by atoms with Crippen LogP contribution in [0.4, 0.5) is 5.69 Å². The molecule has 1 unspecified atom stereocenters. The zero-order chi connectivity index (χ0) is 16.4. The average Bonchev–Trinajstić information content (AvgIpc) is 3.06. The second-order valence-electron chi connectivity index (χ2n) is 6.42. The van der Waals surface area contributed by atoms with Crippen LogP contribution in [0.1, 0.15) is 24.5 Å². The summed E-state index contributed by atoms with van der Waals surface area (Å²) in [5, 5.41) is 0. The second kappa shape index (κ2) is 6.59. The van der Waals surface area contributed by atoms with Crippen molar-refractivity contribution in [3.05, 3.63) is 51.8 Å². The number of nitrogens with one attached hydrogen (secondary N) is 1. The molecule has 2 heterocycles. The van der Waals surface area contributed by atoms with Gasteiger partial charge < -0.3 is 15.6 Å². The summed E-state index contributed by atoms with van der Waals surface area (Å²) >= 11 is 0. The van der Waals surface area contributed by atoms with Gasteiger partial charge in [-0.1, -0.05) is 19.1 Å². The van der Waals surface area contributed by atoms with Gasteiger partial charge in [-0.3, -0.25) is 4.79 Å². The smallest absolute Gasteiger partial charge is 0.251 e. The van der Waals surface area contributed by atoms with E-state index >= 15 is 0 Å². The third-order valence-electron chi connectivity index (χ3n) is 4.83. The van der Waals surface area contributed by atoms with E-state index in [2.05, 4.69) is 41.1 Å². The molecule has 0 aliphatic carbocycles. The Balaban J connectivity index is 1.88. The first-order valence-electron chi connectivity index (χ1n) is 8.40. The number of aromatic amines is 1.